The number of ketones is 1. The van der Waals surface area contributed by atoms with Gasteiger partial charge in [0, 0.05) is 12.5 Å². The van der Waals surface area contributed by atoms with E-state index in [1.165, 1.54) is 19.1 Å². The van der Waals surface area contributed by atoms with E-state index in [1.807, 2.05) is 6.07 Å². The van der Waals surface area contributed by atoms with Gasteiger partial charge < -0.3 is 4.74 Å². The molecule has 0 fully saturated rings. The first-order valence-electron chi connectivity index (χ1n) is 5.52. The Labute approximate surface area is 115 Å². The average Bonchev–Trinajstić information content (AvgIpc) is 2.38. The second-order valence-electron chi connectivity index (χ2n) is 3.78. The highest BCUT2D eigenvalue weighted by molar-refractivity contribution is 6.29. The highest BCUT2D eigenvalue weighted by atomic mass is 35.5. The molecule has 0 aliphatic rings. The monoisotopic (exact) mass is 275 g/mol. The molecule has 0 saturated heterocycles. The van der Waals surface area contributed by atoms with Crippen molar-refractivity contribution in [2.24, 2.45) is 0 Å². The summed E-state index contributed by atoms with van der Waals surface area (Å²) in [5.74, 6) is -0.910. The number of nitrogens with zero attached hydrogens (tertiary/aromatic N) is 1. The lowest BCUT2D eigenvalue weighted by molar-refractivity contribution is -0.132. The Morgan fingerprint density at radius 3 is 2.42 bits per heavy atom. The van der Waals surface area contributed by atoms with E-state index in [0.717, 1.165) is 0 Å². The molecular formula is C14H10ClNO3. The topological polar surface area (TPSA) is 56.3 Å². The SMILES string of the molecule is CC(=O)Oc1nc(Cl)ccc1C(=O)c1ccccc1. The molecule has 19 heavy (non-hydrogen) atoms. The Kier molecular flexibility index (Phi) is 3.92. The zero-order valence-electron chi connectivity index (χ0n) is 10.1. The van der Waals surface area contributed by atoms with Gasteiger partial charge in [-0.05, 0) is 12.1 Å². The van der Waals surface area contributed by atoms with Crippen LogP contribution in [-0.2, 0) is 4.79 Å². The molecule has 1 aromatic heterocycles. The zero-order valence-corrected chi connectivity index (χ0v) is 10.8. The molecule has 0 spiro atoms. The van der Waals surface area contributed by atoms with E-state index in [-0.39, 0.29) is 22.4 Å². The molecule has 0 bridgehead atoms. The summed E-state index contributed by atoms with van der Waals surface area (Å²) in [6, 6.07) is 11.6. The largest absolute Gasteiger partial charge is 0.407 e. The number of halogens is 1. The van der Waals surface area contributed by atoms with Gasteiger partial charge in [-0.15, -0.1) is 0 Å². The second kappa shape index (κ2) is 5.63. The lowest BCUT2D eigenvalue weighted by Gasteiger charge is -2.07. The predicted molar refractivity (Wildman–Crippen MR) is 70.4 cm³/mol. The summed E-state index contributed by atoms with van der Waals surface area (Å²) < 4.78 is 4.91. The molecule has 0 aliphatic carbocycles. The fraction of sp³-hybridized carbons (Fsp3) is 0.0714. The molecule has 0 N–H and O–H groups in total. The number of ether oxygens (including phenoxy) is 1. The van der Waals surface area contributed by atoms with Gasteiger partial charge in [-0.25, -0.2) is 4.98 Å². The van der Waals surface area contributed by atoms with Crippen LogP contribution < -0.4 is 4.74 Å². The number of hydrogen-bond acceptors (Lipinski definition) is 4. The molecule has 0 unspecified atom stereocenters. The maximum Gasteiger partial charge on any atom is 0.309 e. The number of aromatic nitrogens is 1. The highest BCUT2D eigenvalue weighted by Crippen LogP contribution is 2.22. The number of pyridine rings is 1. The molecule has 0 saturated carbocycles. The first-order valence-corrected chi connectivity index (χ1v) is 5.90. The molecule has 0 aliphatic heterocycles. The number of hydrogen-bond donors (Lipinski definition) is 0. The molecule has 1 aromatic carbocycles. The number of rotatable bonds is 3. The van der Waals surface area contributed by atoms with Crippen molar-refractivity contribution in [3.05, 3.63) is 58.7 Å². The summed E-state index contributed by atoms with van der Waals surface area (Å²) in [6.07, 6.45) is 0. The number of carbonyl (C=O) groups excluding carboxylic acids is 2. The van der Waals surface area contributed by atoms with Gasteiger partial charge in [0.1, 0.15) is 5.15 Å². The number of carbonyl (C=O) groups is 2. The summed E-state index contributed by atoms with van der Waals surface area (Å²) >= 11 is 5.74. The van der Waals surface area contributed by atoms with Crippen molar-refractivity contribution in [1.82, 2.24) is 4.98 Å². The standard InChI is InChI=1S/C14H10ClNO3/c1-9(17)19-14-11(7-8-12(15)16-14)13(18)10-5-3-2-4-6-10/h2-8H,1H3. The van der Waals surface area contributed by atoms with Gasteiger partial charge in [-0.2, -0.15) is 0 Å². The fourth-order valence-electron chi connectivity index (χ4n) is 1.55. The third kappa shape index (κ3) is 3.17. The van der Waals surface area contributed by atoms with E-state index in [9.17, 15) is 9.59 Å². The minimum Gasteiger partial charge on any atom is -0.407 e. The van der Waals surface area contributed by atoms with Crippen LogP contribution in [0.25, 0.3) is 0 Å². The van der Waals surface area contributed by atoms with Crippen LogP contribution in [0.3, 0.4) is 0 Å². The Bertz CT molecular complexity index is 626. The van der Waals surface area contributed by atoms with Crippen molar-refractivity contribution < 1.29 is 14.3 Å². The number of benzene rings is 1. The fourth-order valence-corrected chi connectivity index (χ4v) is 1.69. The van der Waals surface area contributed by atoms with Crippen molar-refractivity contribution in [1.29, 1.82) is 0 Å². The minimum absolute atomic E-state index is 0.0751. The molecule has 0 radical (unpaired) electrons. The molecule has 4 nitrogen and oxygen atoms in total. The molecule has 0 atom stereocenters. The third-order valence-electron chi connectivity index (χ3n) is 2.35. The quantitative estimate of drug-likeness (QED) is 0.491. The maximum absolute atomic E-state index is 12.3. The van der Waals surface area contributed by atoms with Crippen LogP contribution in [-0.4, -0.2) is 16.7 Å². The van der Waals surface area contributed by atoms with Crippen LogP contribution in [0.1, 0.15) is 22.8 Å². The third-order valence-corrected chi connectivity index (χ3v) is 2.56. The molecular weight excluding hydrogens is 266 g/mol. The summed E-state index contributed by atoms with van der Waals surface area (Å²) in [4.78, 5) is 27.2. The van der Waals surface area contributed by atoms with Crippen LogP contribution in [0.15, 0.2) is 42.5 Å². The van der Waals surface area contributed by atoms with Gasteiger partial charge in [0.15, 0.2) is 5.78 Å². The van der Waals surface area contributed by atoms with Crippen LogP contribution in [0, 0.1) is 0 Å². The van der Waals surface area contributed by atoms with Gasteiger partial charge in [0.25, 0.3) is 0 Å². The van der Waals surface area contributed by atoms with Crippen molar-refractivity contribution >= 4 is 23.4 Å². The predicted octanol–water partition coefficient (Wildman–Crippen LogP) is 2.89. The van der Waals surface area contributed by atoms with E-state index in [1.54, 1.807) is 24.3 Å². The van der Waals surface area contributed by atoms with Crippen LogP contribution in [0.5, 0.6) is 5.88 Å². The normalized spacial score (nSPS) is 10.0. The molecule has 96 valence electrons. The van der Waals surface area contributed by atoms with Crippen molar-refractivity contribution in [2.45, 2.75) is 6.92 Å². The van der Waals surface area contributed by atoms with E-state index in [4.69, 9.17) is 16.3 Å². The van der Waals surface area contributed by atoms with Crippen LogP contribution >= 0.6 is 11.6 Å². The zero-order chi connectivity index (χ0) is 13.8. The lowest BCUT2D eigenvalue weighted by atomic mass is 10.0. The van der Waals surface area contributed by atoms with Gasteiger partial charge in [0.2, 0.25) is 5.88 Å². The highest BCUT2D eigenvalue weighted by Gasteiger charge is 2.17. The second-order valence-corrected chi connectivity index (χ2v) is 4.16. The Hall–Kier alpha value is -2.20. The first-order chi connectivity index (χ1) is 9.08. The lowest BCUT2D eigenvalue weighted by Crippen LogP contribution is -2.10. The van der Waals surface area contributed by atoms with Gasteiger partial charge in [0.05, 0.1) is 5.56 Å². The van der Waals surface area contributed by atoms with Crippen molar-refractivity contribution in [3.8, 4) is 5.88 Å². The van der Waals surface area contributed by atoms with E-state index >= 15 is 0 Å². The van der Waals surface area contributed by atoms with Gasteiger partial charge >= 0.3 is 5.97 Å². The van der Waals surface area contributed by atoms with E-state index in [0.29, 0.717) is 5.56 Å². The molecule has 2 rings (SSSR count). The number of esters is 1. The Morgan fingerprint density at radius 1 is 1.11 bits per heavy atom. The van der Waals surface area contributed by atoms with E-state index in [2.05, 4.69) is 4.98 Å². The summed E-state index contributed by atoms with van der Waals surface area (Å²) in [5.41, 5.74) is 0.686. The summed E-state index contributed by atoms with van der Waals surface area (Å²) in [6.45, 7) is 1.24. The maximum atomic E-state index is 12.3. The smallest absolute Gasteiger partial charge is 0.309 e. The van der Waals surface area contributed by atoms with Crippen molar-refractivity contribution in [2.75, 3.05) is 0 Å². The average molecular weight is 276 g/mol. The molecule has 2 aromatic rings. The van der Waals surface area contributed by atoms with E-state index < -0.39 is 5.97 Å². The first kappa shape index (κ1) is 13.2. The minimum atomic E-state index is -0.558. The summed E-state index contributed by atoms with van der Waals surface area (Å²) in [7, 11) is 0. The van der Waals surface area contributed by atoms with Gasteiger partial charge in [-0.3, -0.25) is 9.59 Å². The Morgan fingerprint density at radius 2 is 1.79 bits per heavy atom. The van der Waals surface area contributed by atoms with Crippen LogP contribution in [0.4, 0.5) is 0 Å². The van der Waals surface area contributed by atoms with Gasteiger partial charge in [-0.1, -0.05) is 41.9 Å². The molecule has 5 heteroatoms. The van der Waals surface area contributed by atoms with Crippen molar-refractivity contribution in [3.63, 3.8) is 0 Å². The molecule has 1 heterocycles. The summed E-state index contributed by atoms with van der Waals surface area (Å²) in [5, 5.41) is 0.154. The molecule has 0 amide bonds. The Balaban J connectivity index is 2.44. The van der Waals surface area contributed by atoms with Crippen LogP contribution in [0.2, 0.25) is 5.15 Å².